The second kappa shape index (κ2) is 8.23. The predicted octanol–water partition coefficient (Wildman–Crippen LogP) is 5.48. The maximum atomic E-state index is 12.9. The van der Waals surface area contributed by atoms with Crippen LogP contribution in [0.15, 0.2) is 42.5 Å². The van der Waals surface area contributed by atoms with Crippen LogP contribution in [-0.2, 0) is 17.6 Å². The molecule has 0 bridgehead atoms. The monoisotopic (exact) mass is 401 g/mol. The van der Waals surface area contributed by atoms with Crippen LogP contribution in [0, 0.1) is 11.3 Å². The van der Waals surface area contributed by atoms with Crippen molar-refractivity contribution in [3.63, 3.8) is 0 Å². The standard InChI is InChI=1S/C25H27N3O2/c1-4-5-17-8-11-22-21(14-17)20-12-13-28(25(29)30-16(2)3)24(23(20)27-22)19-9-6-18(15-26)7-10-19/h6-11,14,16,24,27H,4-5,12-13H2,1-3H3. The van der Waals surface area contributed by atoms with E-state index in [-0.39, 0.29) is 18.2 Å². The predicted molar refractivity (Wildman–Crippen MR) is 117 cm³/mol. The number of rotatable bonds is 4. The van der Waals surface area contributed by atoms with E-state index in [9.17, 15) is 4.79 Å². The van der Waals surface area contributed by atoms with E-state index in [2.05, 4.69) is 36.2 Å². The molecule has 1 unspecified atom stereocenters. The molecule has 3 aromatic rings. The molecule has 2 aromatic carbocycles. The lowest BCUT2D eigenvalue weighted by Crippen LogP contribution is -2.41. The van der Waals surface area contributed by atoms with E-state index >= 15 is 0 Å². The van der Waals surface area contributed by atoms with Crippen molar-refractivity contribution in [2.24, 2.45) is 0 Å². The molecule has 4 rings (SSSR count). The Labute approximate surface area is 177 Å². The topological polar surface area (TPSA) is 69.1 Å². The average Bonchev–Trinajstić information content (AvgIpc) is 3.11. The molecule has 0 spiro atoms. The third kappa shape index (κ3) is 3.66. The number of fused-ring (bicyclic) bond motifs is 3. The van der Waals surface area contributed by atoms with E-state index in [0.717, 1.165) is 36.0 Å². The summed E-state index contributed by atoms with van der Waals surface area (Å²) in [5.74, 6) is 0. The van der Waals surface area contributed by atoms with Gasteiger partial charge in [0.15, 0.2) is 0 Å². The summed E-state index contributed by atoms with van der Waals surface area (Å²) in [5.41, 5.74) is 6.31. The highest BCUT2D eigenvalue weighted by atomic mass is 16.6. The number of amides is 1. The van der Waals surface area contributed by atoms with Crippen LogP contribution >= 0.6 is 0 Å². The molecule has 154 valence electrons. The first-order valence-corrected chi connectivity index (χ1v) is 10.6. The van der Waals surface area contributed by atoms with Gasteiger partial charge in [-0.2, -0.15) is 5.26 Å². The Morgan fingerprint density at radius 3 is 2.70 bits per heavy atom. The number of carbonyl (C=O) groups is 1. The van der Waals surface area contributed by atoms with Gasteiger partial charge >= 0.3 is 6.09 Å². The second-order valence-electron chi connectivity index (χ2n) is 8.16. The molecule has 1 atom stereocenters. The first kappa shape index (κ1) is 20.0. The van der Waals surface area contributed by atoms with Crippen LogP contribution in [0.25, 0.3) is 10.9 Å². The Balaban J connectivity index is 1.83. The first-order chi connectivity index (χ1) is 14.5. The molecule has 5 nitrogen and oxygen atoms in total. The fraction of sp³-hybridized carbons (Fsp3) is 0.360. The fourth-order valence-corrected chi connectivity index (χ4v) is 4.33. The van der Waals surface area contributed by atoms with Gasteiger partial charge in [0.1, 0.15) is 6.04 Å². The summed E-state index contributed by atoms with van der Waals surface area (Å²) in [6, 6.07) is 16.0. The molecule has 1 aliphatic rings. The number of aryl methyl sites for hydroxylation is 1. The SMILES string of the molecule is CCCc1ccc2[nH]c3c(c2c1)CCN(C(=O)OC(C)C)C3c1ccc(C#N)cc1. The van der Waals surface area contributed by atoms with Crippen LogP contribution in [0.3, 0.4) is 0 Å². The fourth-order valence-electron chi connectivity index (χ4n) is 4.33. The van der Waals surface area contributed by atoms with Gasteiger partial charge in [-0.3, -0.25) is 4.90 Å². The third-order valence-electron chi connectivity index (χ3n) is 5.66. The van der Waals surface area contributed by atoms with Gasteiger partial charge in [-0.15, -0.1) is 0 Å². The number of hydrogen-bond acceptors (Lipinski definition) is 3. The molecule has 30 heavy (non-hydrogen) atoms. The van der Waals surface area contributed by atoms with Crippen LogP contribution in [0.1, 0.15) is 61.2 Å². The van der Waals surface area contributed by atoms with Crippen molar-refractivity contribution in [2.45, 2.75) is 52.2 Å². The zero-order chi connectivity index (χ0) is 21.3. The summed E-state index contributed by atoms with van der Waals surface area (Å²) in [4.78, 5) is 18.3. The van der Waals surface area contributed by atoms with Crippen molar-refractivity contribution >= 4 is 17.0 Å². The van der Waals surface area contributed by atoms with Gasteiger partial charge in [-0.1, -0.05) is 31.5 Å². The molecule has 2 heterocycles. The van der Waals surface area contributed by atoms with Crippen LogP contribution in [0.4, 0.5) is 4.79 Å². The lowest BCUT2D eigenvalue weighted by atomic mass is 9.92. The minimum absolute atomic E-state index is 0.181. The van der Waals surface area contributed by atoms with Gasteiger partial charge in [0.05, 0.1) is 17.7 Å². The molecular formula is C25H27N3O2. The molecular weight excluding hydrogens is 374 g/mol. The summed E-state index contributed by atoms with van der Waals surface area (Å²) in [5, 5.41) is 10.4. The van der Waals surface area contributed by atoms with Crippen molar-refractivity contribution in [3.05, 3.63) is 70.4 Å². The second-order valence-corrected chi connectivity index (χ2v) is 8.16. The minimum Gasteiger partial charge on any atom is -0.447 e. The van der Waals surface area contributed by atoms with Crippen molar-refractivity contribution in [2.75, 3.05) is 6.54 Å². The number of ether oxygens (including phenoxy) is 1. The average molecular weight is 402 g/mol. The number of hydrogen-bond donors (Lipinski definition) is 1. The zero-order valence-electron chi connectivity index (χ0n) is 17.7. The quantitative estimate of drug-likeness (QED) is 0.629. The highest BCUT2D eigenvalue weighted by molar-refractivity contribution is 5.86. The summed E-state index contributed by atoms with van der Waals surface area (Å²) >= 11 is 0. The number of nitriles is 1. The minimum atomic E-state index is -0.310. The van der Waals surface area contributed by atoms with Gasteiger partial charge in [0.2, 0.25) is 0 Å². The largest absolute Gasteiger partial charge is 0.447 e. The highest BCUT2D eigenvalue weighted by Crippen LogP contribution is 2.39. The van der Waals surface area contributed by atoms with Crippen molar-refractivity contribution in [3.8, 4) is 6.07 Å². The molecule has 0 fully saturated rings. The van der Waals surface area contributed by atoms with Crippen LogP contribution in [0.5, 0.6) is 0 Å². The molecule has 0 aliphatic carbocycles. The Morgan fingerprint density at radius 1 is 1.27 bits per heavy atom. The van der Waals surface area contributed by atoms with Gasteiger partial charge in [0, 0.05) is 23.1 Å². The zero-order valence-corrected chi connectivity index (χ0v) is 17.7. The molecule has 0 radical (unpaired) electrons. The van der Waals surface area contributed by atoms with Crippen molar-refractivity contribution in [1.82, 2.24) is 9.88 Å². The van der Waals surface area contributed by atoms with Crippen molar-refractivity contribution in [1.29, 1.82) is 5.26 Å². The molecule has 1 amide bonds. The molecule has 1 N–H and O–H groups in total. The maximum absolute atomic E-state index is 12.9. The Bertz CT molecular complexity index is 1110. The molecule has 0 saturated heterocycles. The summed E-state index contributed by atoms with van der Waals surface area (Å²) < 4.78 is 5.55. The number of nitrogens with zero attached hydrogens (tertiary/aromatic N) is 2. The lowest BCUT2D eigenvalue weighted by molar-refractivity contribution is 0.0655. The van der Waals surface area contributed by atoms with Crippen LogP contribution < -0.4 is 0 Å². The van der Waals surface area contributed by atoms with Crippen molar-refractivity contribution < 1.29 is 9.53 Å². The number of benzene rings is 2. The van der Waals surface area contributed by atoms with Crippen LogP contribution in [0.2, 0.25) is 0 Å². The Kier molecular flexibility index (Phi) is 5.50. The van der Waals surface area contributed by atoms with Gasteiger partial charge < -0.3 is 9.72 Å². The number of carbonyl (C=O) groups excluding carboxylic acids is 1. The molecule has 0 saturated carbocycles. The van der Waals surface area contributed by atoms with Gasteiger partial charge in [0.25, 0.3) is 0 Å². The first-order valence-electron chi connectivity index (χ1n) is 10.6. The van der Waals surface area contributed by atoms with Crippen LogP contribution in [-0.4, -0.2) is 28.6 Å². The molecule has 5 heteroatoms. The number of H-pyrrole nitrogens is 1. The van der Waals surface area contributed by atoms with E-state index in [0.29, 0.717) is 12.1 Å². The Hall–Kier alpha value is -3.26. The van der Waals surface area contributed by atoms with E-state index in [4.69, 9.17) is 10.00 Å². The summed E-state index contributed by atoms with van der Waals surface area (Å²) in [6.07, 6.45) is 2.46. The highest BCUT2D eigenvalue weighted by Gasteiger charge is 2.35. The number of nitrogens with one attached hydrogen (secondary N) is 1. The normalized spacial score (nSPS) is 15.8. The lowest BCUT2D eigenvalue weighted by Gasteiger charge is -2.35. The van der Waals surface area contributed by atoms with E-state index in [1.165, 1.54) is 16.5 Å². The van der Waals surface area contributed by atoms with E-state index < -0.39 is 0 Å². The Morgan fingerprint density at radius 2 is 2.03 bits per heavy atom. The maximum Gasteiger partial charge on any atom is 0.410 e. The third-order valence-corrected chi connectivity index (χ3v) is 5.66. The molecule has 1 aliphatic heterocycles. The summed E-state index contributed by atoms with van der Waals surface area (Å²) in [6.45, 7) is 6.51. The number of aromatic amines is 1. The summed E-state index contributed by atoms with van der Waals surface area (Å²) in [7, 11) is 0. The van der Waals surface area contributed by atoms with Gasteiger partial charge in [-0.25, -0.2) is 4.79 Å². The van der Waals surface area contributed by atoms with E-state index in [1.807, 2.05) is 26.0 Å². The number of aromatic nitrogens is 1. The molecule has 1 aromatic heterocycles. The van der Waals surface area contributed by atoms with Gasteiger partial charge in [-0.05, 0) is 67.6 Å². The smallest absolute Gasteiger partial charge is 0.410 e. The van der Waals surface area contributed by atoms with E-state index in [1.54, 1.807) is 17.0 Å².